The molecule has 0 atom stereocenters. The first-order chi connectivity index (χ1) is 15.9. The van der Waals surface area contributed by atoms with Crippen LogP contribution >= 0.6 is 0 Å². The number of nitrogens with one attached hydrogen (secondary N) is 1. The molecule has 0 aliphatic rings. The van der Waals surface area contributed by atoms with Crippen LogP contribution in [0.4, 0.5) is 24.9 Å². The fraction of sp³-hybridized carbons (Fsp3) is 0.143. The number of alkyl halides is 3. The molecule has 0 saturated heterocycles. The fourth-order valence-corrected chi connectivity index (χ4v) is 3.31. The minimum atomic E-state index is -4.40. The summed E-state index contributed by atoms with van der Waals surface area (Å²) in [6.07, 6.45) is 0.573. The van der Waals surface area contributed by atoms with E-state index in [4.69, 9.17) is 0 Å². The van der Waals surface area contributed by atoms with Crippen LogP contribution in [0.25, 0.3) is 17.0 Å². The molecule has 0 aliphatic carbocycles. The lowest BCUT2D eigenvalue weighted by Crippen LogP contribution is -2.06. The first kappa shape index (κ1) is 20.5. The summed E-state index contributed by atoms with van der Waals surface area (Å²) in [5.74, 6) is 1.58. The summed E-state index contributed by atoms with van der Waals surface area (Å²) < 4.78 is 42.3. The van der Waals surface area contributed by atoms with Crippen molar-refractivity contribution in [3.8, 4) is 11.4 Å². The second-order valence-corrected chi connectivity index (χ2v) is 7.22. The van der Waals surface area contributed by atoms with Crippen molar-refractivity contribution >= 4 is 17.4 Å². The van der Waals surface area contributed by atoms with Crippen LogP contribution in [0.15, 0.2) is 61.2 Å². The zero-order valence-electron chi connectivity index (χ0n) is 17.2. The first-order valence-corrected chi connectivity index (χ1v) is 9.81. The van der Waals surface area contributed by atoms with E-state index in [2.05, 4.69) is 35.6 Å². The van der Waals surface area contributed by atoms with E-state index in [1.807, 2.05) is 0 Å². The Hall–Kier alpha value is -4.35. The van der Waals surface area contributed by atoms with Gasteiger partial charge < -0.3 is 5.32 Å². The second-order valence-electron chi connectivity index (χ2n) is 7.22. The van der Waals surface area contributed by atoms with Crippen LogP contribution in [-0.2, 0) is 19.6 Å². The van der Waals surface area contributed by atoms with E-state index in [0.29, 0.717) is 34.4 Å². The number of aryl methyl sites for hydroxylation is 1. The SMILES string of the molecule is Cn1nccc1Nc1nccc(-c2cc3nnc(Cc4cccc(C(F)(F)F)c4)n3cn2)n1. The molecule has 33 heavy (non-hydrogen) atoms. The fourth-order valence-electron chi connectivity index (χ4n) is 3.31. The number of hydrogen-bond acceptors (Lipinski definition) is 7. The Morgan fingerprint density at radius 1 is 0.970 bits per heavy atom. The van der Waals surface area contributed by atoms with Crippen LogP contribution in [0.5, 0.6) is 0 Å². The van der Waals surface area contributed by atoms with E-state index in [1.165, 1.54) is 12.4 Å². The van der Waals surface area contributed by atoms with Gasteiger partial charge in [-0.25, -0.2) is 15.0 Å². The van der Waals surface area contributed by atoms with E-state index in [1.54, 1.807) is 52.8 Å². The van der Waals surface area contributed by atoms with Crippen molar-refractivity contribution in [3.63, 3.8) is 0 Å². The Balaban J connectivity index is 1.41. The number of anilines is 2. The molecule has 1 aromatic carbocycles. The quantitative estimate of drug-likeness (QED) is 0.435. The topological polar surface area (TPSA) is 98.7 Å². The second kappa shape index (κ2) is 7.97. The number of nitrogens with zero attached hydrogens (tertiary/aromatic N) is 8. The van der Waals surface area contributed by atoms with Crippen LogP contribution in [0.1, 0.15) is 17.0 Å². The Labute approximate surface area is 185 Å². The minimum Gasteiger partial charge on any atom is -0.309 e. The zero-order chi connectivity index (χ0) is 23.0. The maximum atomic E-state index is 13.0. The predicted molar refractivity (Wildman–Crippen MR) is 113 cm³/mol. The van der Waals surface area contributed by atoms with E-state index in [0.717, 1.165) is 18.0 Å². The Morgan fingerprint density at radius 2 is 1.85 bits per heavy atom. The van der Waals surface area contributed by atoms with Gasteiger partial charge in [0.1, 0.15) is 18.0 Å². The number of fused-ring (bicyclic) bond motifs is 1. The molecule has 12 heteroatoms. The van der Waals surface area contributed by atoms with E-state index in [9.17, 15) is 13.2 Å². The summed E-state index contributed by atoms with van der Waals surface area (Å²) >= 11 is 0. The molecule has 0 saturated carbocycles. The van der Waals surface area contributed by atoms with Crippen LogP contribution in [0.2, 0.25) is 0 Å². The normalized spacial score (nSPS) is 11.8. The highest BCUT2D eigenvalue weighted by atomic mass is 19.4. The van der Waals surface area contributed by atoms with Crippen molar-refractivity contribution in [3.05, 3.63) is 78.1 Å². The van der Waals surface area contributed by atoms with Crippen molar-refractivity contribution in [2.75, 3.05) is 5.32 Å². The van der Waals surface area contributed by atoms with Gasteiger partial charge >= 0.3 is 6.18 Å². The van der Waals surface area contributed by atoms with Crippen molar-refractivity contribution < 1.29 is 13.2 Å². The summed E-state index contributed by atoms with van der Waals surface area (Å²) in [6, 6.07) is 10.4. The molecular formula is C21H16F3N9. The molecular weight excluding hydrogens is 435 g/mol. The van der Waals surface area contributed by atoms with E-state index >= 15 is 0 Å². The van der Waals surface area contributed by atoms with Gasteiger partial charge in [0.15, 0.2) is 5.65 Å². The van der Waals surface area contributed by atoms with Crippen molar-refractivity contribution in [1.29, 1.82) is 0 Å². The van der Waals surface area contributed by atoms with Gasteiger partial charge in [-0.05, 0) is 17.7 Å². The molecule has 0 fully saturated rings. The first-order valence-electron chi connectivity index (χ1n) is 9.81. The number of halogens is 3. The molecule has 0 amide bonds. The Kier molecular flexibility index (Phi) is 4.96. The van der Waals surface area contributed by atoms with Gasteiger partial charge in [-0.3, -0.25) is 9.08 Å². The molecule has 0 radical (unpaired) electrons. The zero-order valence-corrected chi connectivity index (χ0v) is 17.2. The van der Waals surface area contributed by atoms with E-state index < -0.39 is 11.7 Å². The molecule has 4 aromatic heterocycles. The highest BCUT2D eigenvalue weighted by Crippen LogP contribution is 2.30. The third kappa shape index (κ3) is 4.22. The van der Waals surface area contributed by atoms with Gasteiger partial charge in [0.2, 0.25) is 5.95 Å². The van der Waals surface area contributed by atoms with Crippen molar-refractivity contribution in [2.45, 2.75) is 12.6 Å². The third-order valence-corrected chi connectivity index (χ3v) is 4.97. The number of hydrogen-bond donors (Lipinski definition) is 1. The highest BCUT2D eigenvalue weighted by molar-refractivity contribution is 5.61. The van der Waals surface area contributed by atoms with Gasteiger partial charge in [-0.1, -0.05) is 18.2 Å². The molecule has 1 N–H and O–H groups in total. The van der Waals surface area contributed by atoms with Crippen LogP contribution < -0.4 is 5.32 Å². The highest BCUT2D eigenvalue weighted by Gasteiger charge is 2.30. The molecule has 5 aromatic rings. The molecule has 0 aliphatic heterocycles. The average molecular weight is 451 g/mol. The van der Waals surface area contributed by atoms with Crippen molar-refractivity contribution in [1.82, 2.24) is 39.3 Å². The van der Waals surface area contributed by atoms with Crippen molar-refractivity contribution in [2.24, 2.45) is 7.05 Å². The summed E-state index contributed by atoms with van der Waals surface area (Å²) in [5.41, 5.74) is 1.40. The summed E-state index contributed by atoms with van der Waals surface area (Å²) in [5, 5.41) is 15.5. The smallest absolute Gasteiger partial charge is 0.309 e. The lowest BCUT2D eigenvalue weighted by molar-refractivity contribution is -0.137. The number of aromatic nitrogens is 8. The van der Waals surface area contributed by atoms with Gasteiger partial charge in [0.25, 0.3) is 0 Å². The summed E-state index contributed by atoms with van der Waals surface area (Å²) in [6.45, 7) is 0. The molecule has 9 nitrogen and oxygen atoms in total. The largest absolute Gasteiger partial charge is 0.416 e. The number of rotatable bonds is 5. The van der Waals surface area contributed by atoms with Gasteiger partial charge in [0, 0.05) is 31.8 Å². The average Bonchev–Trinajstić information content (AvgIpc) is 3.39. The maximum Gasteiger partial charge on any atom is 0.416 e. The molecule has 166 valence electrons. The maximum absolute atomic E-state index is 13.0. The molecule has 0 spiro atoms. The number of benzene rings is 1. The predicted octanol–water partition coefficient (Wildman–Crippen LogP) is 3.67. The summed E-state index contributed by atoms with van der Waals surface area (Å²) in [4.78, 5) is 13.1. The van der Waals surface area contributed by atoms with Crippen LogP contribution in [0, 0.1) is 0 Å². The third-order valence-electron chi connectivity index (χ3n) is 4.97. The van der Waals surface area contributed by atoms with Gasteiger partial charge in [0.05, 0.1) is 23.1 Å². The molecule has 0 unspecified atom stereocenters. The monoisotopic (exact) mass is 451 g/mol. The van der Waals surface area contributed by atoms with Crippen LogP contribution in [-0.4, -0.2) is 39.3 Å². The summed E-state index contributed by atoms with van der Waals surface area (Å²) in [7, 11) is 1.80. The van der Waals surface area contributed by atoms with E-state index in [-0.39, 0.29) is 6.42 Å². The lowest BCUT2D eigenvalue weighted by Gasteiger charge is -2.08. The Morgan fingerprint density at radius 3 is 2.64 bits per heavy atom. The molecule has 0 bridgehead atoms. The lowest BCUT2D eigenvalue weighted by atomic mass is 10.1. The standard InChI is InChI=1S/C21H16F3N9/c1-32-17(6-8-27-32)29-20-25-7-5-15(28-20)16-11-19-31-30-18(33(19)12-26-16)10-13-3-2-4-14(9-13)21(22,23)24/h2-9,11-12H,10H2,1H3,(H,25,28,29). The van der Waals surface area contributed by atoms with Gasteiger partial charge in [-0.2, -0.15) is 18.3 Å². The minimum absolute atomic E-state index is 0.179. The van der Waals surface area contributed by atoms with Crippen LogP contribution in [0.3, 0.4) is 0 Å². The Bertz CT molecular complexity index is 1440. The van der Waals surface area contributed by atoms with Gasteiger partial charge in [-0.15, -0.1) is 10.2 Å². The molecule has 5 rings (SSSR count). The molecule has 4 heterocycles.